The fourth-order valence-electron chi connectivity index (χ4n) is 17.0. The van der Waals surface area contributed by atoms with Crippen LogP contribution in [0.1, 0.15) is 0 Å². The molecule has 4 heterocycles. The first kappa shape index (κ1) is 54.9. The third-order valence-electron chi connectivity index (χ3n) is 21.4. The van der Waals surface area contributed by atoms with Crippen LogP contribution >= 0.6 is 0 Å². The molecule has 462 valence electrons. The molecule has 0 radical (unpaired) electrons. The number of hydrogen-bond donors (Lipinski definition) is 0. The van der Waals surface area contributed by atoms with Crippen molar-refractivity contribution in [1.29, 1.82) is 0 Å². The number of rotatable bonds is 4. The van der Waals surface area contributed by atoms with Crippen LogP contribution in [0.3, 0.4) is 0 Å². The van der Waals surface area contributed by atoms with Gasteiger partial charge in [-0.15, -0.1) is 0 Å². The lowest BCUT2D eigenvalue weighted by molar-refractivity contribution is 0.659. The van der Waals surface area contributed by atoms with Crippen molar-refractivity contribution in [2.75, 3.05) is 0 Å². The SMILES string of the molecule is c1ccc2cc(-c3c4ccccc4c(-c4c5oc6c7ccccc7ccc6c5cc5c4oc4c6ccccc6ccc54)c4ccccc34)ccc2c1.c1ccc2cc(-c3c4ccccc4c(-c4c5oc6ccccc6c5cc5c4oc4c6ccccc6ccc54)c4ccccc34)ccc2c1. The van der Waals surface area contributed by atoms with Gasteiger partial charge in [-0.25, -0.2) is 0 Å². The second-order valence-corrected chi connectivity index (χ2v) is 26.7. The first-order valence-electron chi connectivity index (χ1n) is 34.3. The molecule has 0 spiro atoms. The molecule has 0 aliphatic heterocycles. The Kier molecular flexibility index (Phi) is 11.6. The summed E-state index contributed by atoms with van der Waals surface area (Å²) in [6, 6.07) is 118. The Balaban J connectivity index is 0.000000128. The zero-order valence-corrected chi connectivity index (χ0v) is 53.8. The predicted molar refractivity (Wildman–Crippen MR) is 421 cm³/mol. The lowest BCUT2D eigenvalue weighted by Crippen LogP contribution is -1.92. The molecule has 100 heavy (non-hydrogen) atoms. The molecule has 4 aromatic heterocycles. The van der Waals surface area contributed by atoms with Crippen LogP contribution in [0.25, 0.3) is 229 Å². The highest BCUT2D eigenvalue weighted by Gasteiger charge is 2.29. The second kappa shape index (κ2) is 21.1. The maximum absolute atomic E-state index is 7.14. The first-order valence-corrected chi connectivity index (χ1v) is 34.3. The third-order valence-corrected chi connectivity index (χ3v) is 21.4. The lowest BCUT2D eigenvalue weighted by Gasteiger charge is -2.18. The maximum atomic E-state index is 7.14. The van der Waals surface area contributed by atoms with Crippen molar-refractivity contribution >= 4 is 185 Å². The van der Waals surface area contributed by atoms with E-state index in [2.05, 4.69) is 322 Å². The second-order valence-electron chi connectivity index (χ2n) is 26.7. The molecule has 4 nitrogen and oxygen atoms in total. The molecule has 19 aromatic carbocycles. The molecule has 0 amide bonds. The molecule has 0 bridgehead atoms. The fraction of sp³-hybridized carbons (Fsp3) is 0. The molecule has 0 fully saturated rings. The number of para-hydroxylation sites is 1. The van der Waals surface area contributed by atoms with Gasteiger partial charge >= 0.3 is 0 Å². The summed E-state index contributed by atoms with van der Waals surface area (Å²) in [7, 11) is 0. The minimum Gasteiger partial charge on any atom is -0.455 e. The van der Waals surface area contributed by atoms with Gasteiger partial charge in [0.2, 0.25) is 0 Å². The van der Waals surface area contributed by atoms with Crippen LogP contribution in [0.2, 0.25) is 0 Å². The smallest absolute Gasteiger partial charge is 0.147 e. The largest absolute Gasteiger partial charge is 0.455 e. The summed E-state index contributed by atoms with van der Waals surface area (Å²) in [6.45, 7) is 0. The Labute approximate surface area is 570 Å². The zero-order chi connectivity index (χ0) is 65.3. The molecule has 23 rings (SSSR count). The maximum Gasteiger partial charge on any atom is 0.147 e. The van der Waals surface area contributed by atoms with Crippen molar-refractivity contribution in [1.82, 2.24) is 0 Å². The summed E-state index contributed by atoms with van der Waals surface area (Å²) in [5, 5.41) is 30.0. The van der Waals surface area contributed by atoms with Gasteiger partial charge in [0, 0.05) is 70.4 Å². The Bertz CT molecular complexity index is 7240. The van der Waals surface area contributed by atoms with Crippen LogP contribution in [-0.2, 0) is 0 Å². The average Bonchev–Trinajstić information content (AvgIpc) is 1.39. The van der Waals surface area contributed by atoms with E-state index in [1.165, 1.54) is 76.1 Å². The van der Waals surface area contributed by atoms with Crippen molar-refractivity contribution in [3.63, 3.8) is 0 Å². The number of fused-ring (bicyclic) bond motifs is 24. The van der Waals surface area contributed by atoms with Gasteiger partial charge in [-0.2, -0.15) is 0 Å². The zero-order valence-electron chi connectivity index (χ0n) is 53.8. The van der Waals surface area contributed by atoms with Crippen LogP contribution in [-0.4, -0.2) is 0 Å². The Hall–Kier alpha value is -13.3. The predicted octanol–water partition coefficient (Wildman–Crippen LogP) is 28.0. The van der Waals surface area contributed by atoms with Gasteiger partial charge in [-0.1, -0.05) is 279 Å². The van der Waals surface area contributed by atoms with E-state index in [-0.39, 0.29) is 0 Å². The van der Waals surface area contributed by atoms with Crippen molar-refractivity contribution < 1.29 is 17.7 Å². The molecule has 0 N–H and O–H groups in total. The van der Waals surface area contributed by atoms with Gasteiger partial charge in [0.15, 0.2) is 0 Å². The van der Waals surface area contributed by atoms with Crippen LogP contribution in [0.5, 0.6) is 0 Å². The fourth-order valence-corrected chi connectivity index (χ4v) is 17.0. The number of hydrogen-bond acceptors (Lipinski definition) is 4. The summed E-state index contributed by atoms with van der Waals surface area (Å²) < 4.78 is 28.2. The van der Waals surface area contributed by atoms with Crippen molar-refractivity contribution in [2.24, 2.45) is 0 Å². The van der Waals surface area contributed by atoms with Gasteiger partial charge in [-0.3, -0.25) is 0 Å². The summed E-state index contributed by atoms with van der Waals surface area (Å²) in [4.78, 5) is 0. The van der Waals surface area contributed by atoms with Gasteiger partial charge in [-0.05, 0) is 152 Å². The van der Waals surface area contributed by atoms with E-state index in [0.717, 1.165) is 153 Å². The summed E-state index contributed by atoms with van der Waals surface area (Å²) in [5.74, 6) is 0. The topological polar surface area (TPSA) is 52.6 Å². The van der Waals surface area contributed by atoms with E-state index in [1.807, 2.05) is 6.07 Å². The molecule has 0 unspecified atom stereocenters. The Morgan fingerprint density at radius 1 is 0.130 bits per heavy atom. The number of benzene rings is 19. The highest BCUT2D eigenvalue weighted by molar-refractivity contribution is 6.34. The van der Waals surface area contributed by atoms with E-state index in [4.69, 9.17) is 17.7 Å². The van der Waals surface area contributed by atoms with Gasteiger partial charge in [0.05, 0.1) is 11.1 Å². The minimum absolute atomic E-state index is 0.843. The summed E-state index contributed by atoms with van der Waals surface area (Å²) in [6.07, 6.45) is 0. The Morgan fingerprint density at radius 3 is 0.750 bits per heavy atom. The molecular formula is C96H54O4. The number of furan rings is 4. The van der Waals surface area contributed by atoms with Crippen molar-refractivity contribution in [2.45, 2.75) is 0 Å². The normalized spacial score (nSPS) is 12.2. The van der Waals surface area contributed by atoms with E-state index in [0.29, 0.717) is 0 Å². The molecule has 0 saturated heterocycles. The summed E-state index contributed by atoms with van der Waals surface area (Å²) >= 11 is 0. The molecule has 4 heteroatoms. The molecule has 0 aliphatic rings. The minimum atomic E-state index is 0.843. The van der Waals surface area contributed by atoms with Gasteiger partial charge < -0.3 is 17.7 Å². The van der Waals surface area contributed by atoms with Gasteiger partial charge in [0.25, 0.3) is 0 Å². The molecule has 0 atom stereocenters. The highest BCUT2D eigenvalue weighted by atomic mass is 16.4. The molecule has 0 aliphatic carbocycles. The monoisotopic (exact) mass is 1270 g/mol. The van der Waals surface area contributed by atoms with Crippen LogP contribution in [0, 0.1) is 0 Å². The standard InChI is InChI=1S/C50H28O2.C46H26O2/c1-2-14-32-27-33(22-21-29(32)11-1)44-36-17-7-9-19-38(36)45(39-20-10-8-18-37(39)44)46-49-42(40-25-23-30-12-3-5-15-34(30)47(40)51-49)28-43-41-26-24-31-13-4-6-16-35(31)48(41)52-50(43)46;1-2-13-29-25-30(22-21-27(29)11-1)41-33-16-5-7-18-35(33)42(36-19-8-6-17-34(36)41)43-45-38(32-15-9-10-20-40(32)47-45)26-39-37-24-23-28-12-3-4-14-31(28)44(37)48-46(39)43/h1-28H;1-26H. The highest BCUT2D eigenvalue weighted by Crippen LogP contribution is 2.54. The molecule has 23 aromatic rings. The van der Waals surface area contributed by atoms with E-state index in [9.17, 15) is 0 Å². The summed E-state index contributed by atoms with van der Waals surface area (Å²) in [5.41, 5.74) is 16.1. The average molecular weight is 1270 g/mol. The third kappa shape index (κ3) is 7.93. The van der Waals surface area contributed by atoms with Crippen LogP contribution in [0.4, 0.5) is 0 Å². The molecule has 0 saturated carbocycles. The Morgan fingerprint density at radius 2 is 0.390 bits per heavy atom. The van der Waals surface area contributed by atoms with E-state index in [1.54, 1.807) is 0 Å². The van der Waals surface area contributed by atoms with Crippen LogP contribution < -0.4 is 0 Å². The van der Waals surface area contributed by atoms with E-state index >= 15 is 0 Å². The van der Waals surface area contributed by atoms with Crippen molar-refractivity contribution in [3.8, 4) is 44.5 Å². The lowest BCUT2D eigenvalue weighted by atomic mass is 9.84. The van der Waals surface area contributed by atoms with E-state index < -0.39 is 0 Å². The molecular weight excluding hydrogens is 1220 g/mol. The van der Waals surface area contributed by atoms with Crippen molar-refractivity contribution in [3.05, 3.63) is 328 Å². The van der Waals surface area contributed by atoms with Crippen LogP contribution in [0.15, 0.2) is 345 Å². The van der Waals surface area contributed by atoms with Gasteiger partial charge in [0.1, 0.15) is 44.7 Å². The first-order chi connectivity index (χ1) is 49.6. The quantitative estimate of drug-likeness (QED) is 0.165.